The van der Waals surface area contributed by atoms with Crippen molar-refractivity contribution in [1.82, 2.24) is 0 Å². The highest BCUT2D eigenvalue weighted by Crippen LogP contribution is 2.39. The van der Waals surface area contributed by atoms with E-state index in [4.69, 9.17) is 10.5 Å². The predicted molar refractivity (Wildman–Crippen MR) is 39.7 cm³/mol. The second-order valence-electron chi connectivity index (χ2n) is 3.65. The van der Waals surface area contributed by atoms with Gasteiger partial charge in [0.1, 0.15) is 0 Å². The van der Waals surface area contributed by atoms with E-state index in [9.17, 15) is 0 Å². The Kier molecular flexibility index (Phi) is 1.46. The van der Waals surface area contributed by atoms with E-state index in [2.05, 4.69) is 0 Å². The van der Waals surface area contributed by atoms with Gasteiger partial charge in [0, 0.05) is 18.1 Å². The number of hydrogen-bond acceptors (Lipinski definition) is 2. The predicted octanol–water partition coefficient (Wildman–Crippen LogP) is 0.904. The summed E-state index contributed by atoms with van der Waals surface area (Å²) in [5, 5.41) is 0. The SMILES string of the molecule is NC1(C2CCOC2)CCC1. The quantitative estimate of drug-likeness (QED) is 0.589. The third kappa shape index (κ3) is 0.867. The molecule has 58 valence electrons. The Balaban J connectivity index is 1.96. The molecule has 0 amide bonds. The van der Waals surface area contributed by atoms with Gasteiger partial charge >= 0.3 is 0 Å². The first-order chi connectivity index (χ1) is 4.81. The van der Waals surface area contributed by atoms with Crippen LogP contribution < -0.4 is 5.73 Å². The lowest BCUT2D eigenvalue weighted by molar-refractivity contribution is 0.119. The van der Waals surface area contributed by atoms with Gasteiger partial charge in [-0.25, -0.2) is 0 Å². The van der Waals surface area contributed by atoms with Crippen LogP contribution in [0.25, 0.3) is 0 Å². The zero-order valence-electron chi connectivity index (χ0n) is 6.31. The molecule has 0 aromatic rings. The molecule has 1 aliphatic heterocycles. The van der Waals surface area contributed by atoms with Crippen molar-refractivity contribution in [3.8, 4) is 0 Å². The molecule has 0 spiro atoms. The highest BCUT2D eigenvalue weighted by molar-refractivity contribution is 4.99. The standard InChI is InChI=1S/C8H15NO/c9-8(3-1-4-8)7-2-5-10-6-7/h7H,1-6,9H2. The molecule has 2 N–H and O–H groups in total. The van der Waals surface area contributed by atoms with Crippen molar-refractivity contribution in [2.24, 2.45) is 11.7 Å². The summed E-state index contributed by atoms with van der Waals surface area (Å²) >= 11 is 0. The first-order valence-corrected chi connectivity index (χ1v) is 4.18. The van der Waals surface area contributed by atoms with E-state index >= 15 is 0 Å². The van der Waals surface area contributed by atoms with Crippen molar-refractivity contribution >= 4 is 0 Å². The average Bonchev–Trinajstić information content (AvgIpc) is 2.33. The van der Waals surface area contributed by atoms with Crippen molar-refractivity contribution in [2.45, 2.75) is 31.2 Å². The van der Waals surface area contributed by atoms with Gasteiger partial charge in [0.25, 0.3) is 0 Å². The van der Waals surface area contributed by atoms with Gasteiger partial charge in [0.05, 0.1) is 6.61 Å². The van der Waals surface area contributed by atoms with E-state index in [1.807, 2.05) is 0 Å². The lowest BCUT2D eigenvalue weighted by Crippen LogP contribution is -2.53. The first kappa shape index (κ1) is 6.62. The summed E-state index contributed by atoms with van der Waals surface area (Å²) in [5.41, 5.74) is 6.31. The Hall–Kier alpha value is -0.0800. The maximum Gasteiger partial charge on any atom is 0.0512 e. The van der Waals surface area contributed by atoms with Crippen LogP contribution in [0.3, 0.4) is 0 Å². The van der Waals surface area contributed by atoms with Crippen LogP contribution in [0.1, 0.15) is 25.7 Å². The summed E-state index contributed by atoms with van der Waals surface area (Å²) in [6, 6.07) is 0. The summed E-state index contributed by atoms with van der Waals surface area (Å²) in [5.74, 6) is 0.668. The number of hydrogen-bond donors (Lipinski definition) is 1. The van der Waals surface area contributed by atoms with Crippen molar-refractivity contribution in [3.05, 3.63) is 0 Å². The van der Waals surface area contributed by atoms with Crippen molar-refractivity contribution in [2.75, 3.05) is 13.2 Å². The minimum atomic E-state index is 0.177. The Morgan fingerprint density at radius 3 is 2.60 bits per heavy atom. The molecule has 2 nitrogen and oxygen atoms in total. The van der Waals surface area contributed by atoms with Crippen LogP contribution in [-0.2, 0) is 4.74 Å². The Morgan fingerprint density at radius 2 is 2.20 bits per heavy atom. The lowest BCUT2D eigenvalue weighted by Gasteiger charge is -2.42. The third-order valence-electron chi connectivity index (χ3n) is 3.03. The van der Waals surface area contributed by atoms with Crippen LogP contribution in [-0.4, -0.2) is 18.8 Å². The van der Waals surface area contributed by atoms with Crippen LogP contribution in [0.15, 0.2) is 0 Å². The molecule has 0 aromatic heterocycles. The summed E-state index contributed by atoms with van der Waals surface area (Å²) < 4.78 is 5.30. The Bertz CT molecular complexity index is 125. The van der Waals surface area contributed by atoms with Crippen LogP contribution in [0.2, 0.25) is 0 Å². The minimum Gasteiger partial charge on any atom is -0.381 e. The van der Waals surface area contributed by atoms with Crippen molar-refractivity contribution in [3.63, 3.8) is 0 Å². The van der Waals surface area contributed by atoms with Gasteiger partial charge in [-0.3, -0.25) is 0 Å². The van der Waals surface area contributed by atoms with Crippen LogP contribution in [0, 0.1) is 5.92 Å². The average molecular weight is 141 g/mol. The third-order valence-corrected chi connectivity index (χ3v) is 3.03. The summed E-state index contributed by atoms with van der Waals surface area (Å²) in [4.78, 5) is 0. The van der Waals surface area contributed by atoms with E-state index in [1.54, 1.807) is 0 Å². The molecule has 1 saturated carbocycles. The molecule has 1 aliphatic carbocycles. The fraction of sp³-hybridized carbons (Fsp3) is 1.00. The van der Waals surface area contributed by atoms with Gasteiger partial charge in [0.15, 0.2) is 0 Å². The van der Waals surface area contributed by atoms with Crippen LogP contribution in [0.4, 0.5) is 0 Å². The zero-order valence-corrected chi connectivity index (χ0v) is 6.31. The second-order valence-corrected chi connectivity index (χ2v) is 3.65. The van der Waals surface area contributed by atoms with Gasteiger partial charge in [0.2, 0.25) is 0 Å². The van der Waals surface area contributed by atoms with E-state index in [0.29, 0.717) is 5.92 Å². The molecule has 1 atom stereocenters. The molecular weight excluding hydrogens is 126 g/mol. The molecule has 1 saturated heterocycles. The molecule has 1 unspecified atom stereocenters. The summed E-state index contributed by atoms with van der Waals surface area (Å²) in [7, 11) is 0. The largest absolute Gasteiger partial charge is 0.381 e. The molecule has 0 aromatic carbocycles. The van der Waals surface area contributed by atoms with E-state index in [-0.39, 0.29) is 5.54 Å². The van der Waals surface area contributed by atoms with Crippen LogP contribution in [0.5, 0.6) is 0 Å². The fourth-order valence-electron chi connectivity index (χ4n) is 1.98. The maximum absolute atomic E-state index is 6.13. The highest BCUT2D eigenvalue weighted by Gasteiger charge is 2.41. The van der Waals surface area contributed by atoms with Gasteiger partial charge in [-0.2, -0.15) is 0 Å². The van der Waals surface area contributed by atoms with E-state index < -0.39 is 0 Å². The monoisotopic (exact) mass is 141 g/mol. The molecule has 10 heavy (non-hydrogen) atoms. The topological polar surface area (TPSA) is 35.2 Å². The Morgan fingerprint density at radius 1 is 1.40 bits per heavy atom. The highest BCUT2D eigenvalue weighted by atomic mass is 16.5. The normalized spacial score (nSPS) is 37.5. The minimum absolute atomic E-state index is 0.177. The van der Waals surface area contributed by atoms with Gasteiger partial charge in [-0.05, 0) is 25.7 Å². The molecule has 0 bridgehead atoms. The Labute approximate surface area is 61.7 Å². The summed E-state index contributed by atoms with van der Waals surface area (Å²) in [6.07, 6.45) is 4.96. The zero-order chi connectivity index (χ0) is 7.03. The first-order valence-electron chi connectivity index (χ1n) is 4.18. The maximum atomic E-state index is 6.13. The smallest absolute Gasteiger partial charge is 0.0512 e. The molecule has 2 aliphatic rings. The van der Waals surface area contributed by atoms with Gasteiger partial charge in [-0.15, -0.1) is 0 Å². The fourth-order valence-corrected chi connectivity index (χ4v) is 1.98. The molecule has 2 heteroatoms. The molecular formula is C8H15NO. The van der Waals surface area contributed by atoms with E-state index in [1.165, 1.54) is 25.7 Å². The van der Waals surface area contributed by atoms with Crippen molar-refractivity contribution in [1.29, 1.82) is 0 Å². The van der Waals surface area contributed by atoms with Gasteiger partial charge in [-0.1, -0.05) is 0 Å². The second kappa shape index (κ2) is 2.21. The molecule has 2 fully saturated rings. The number of ether oxygens (including phenoxy) is 1. The molecule has 1 heterocycles. The number of rotatable bonds is 1. The van der Waals surface area contributed by atoms with Crippen molar-refractivity contribution < 1.29 is 4.74 Å². The summed E-state index contributed by atoms with van der Waals surface area (Å²) in [6.45, 7) is 1.85. The van der Waals surface area contributed by atoms with Crippen LogP contribution >= 0.6 is 0 Å². The van der Waals surface area contributed by atoms with Gasteiger partial charge < -0.3 is 10.5 Å². The number of nitrogens with two attached hydrogens (primary N) is 1. The van der Waals surface area contributed by atoms with E-state index in [0.717, 1.165) is 13.2 Å². The molecule has 0 radical (unpaired) electrons. The molecule has 2 rings (SSSR count). The lowest BCUT2D eigenvalue weighted by atomic mass is 9.69.